The zero-order chi connectivity index (χ0) is 9.42. The second kappa shape index (κ2) is 3.42. The van der Waals surface area contributed by atoms with Crippen LogP contribution in [0.4, 0.5) is 0 Å². The lowest BCUT2D eigenvalue weighted by Gasteiger charge is -2.01. The van der Waals surface area contributed by atoms with Gasteiger partial charge in [0.2, 0.25) is 0 Å². The molecule has 0 N–H and O–H groups in total. The van der Waals surface area contributed by atoms with E-state index >= 15 is 0 Å². The van der Waals surface area contributed by atoms with Crippen LogP contribution in [-0.4, -0.2) is 4.98 Å². The van der Waals surface area contributed by atoms with Crippen molar-refractivity contribution < 1.29 is 0 Å². The van der Waals surface area contributed by atoms with E-state index in [9.17, 15) is 0 Å². The van der Waals surface area contributed by atoms with Crippen molar-refractivity contribution in [2.75, 3.05) is 0 Å². The van der Waals surface area contributed by atoms with Crippen LogP contribution in [0.25, 0.3) is 10.9 Å². The lowest BCUT2D eigenvalue weighted by atomic mass is 10.1. The smallest absolute Gasteiger partial charge is 0.0720 e. The number of benzene rings is 1. The van der Waals surface area contributed by atoms with Crippen molar-refractivity contribution in [3.63, 3.8) is 0 Å². The summed E-state index contributed by atoms with van der Waals surface area (Å²) in [5.74, 6) is 0. The van der Waals surface area contributed by atoms with Gasteiger partial charge in [0.15, 0.2) is 0 Å². The minimum atomic E-state index is 0.779. The van der Waals surface area contributed by atoms with Gasteiger partial charge in [-0.25, -0.2) is 0 Å². The van der Waals surface area contributed by atoms with E-state index in [0.29, 0.717) is 0 Å². The number of rotatable bonds is 0. The number of fused-ring (bicyclic) bond motifs is 1. The van der Waals surface area contributed by atoms with Gasteiger partial charge in [-0.1, -0.05) is 11.6 Å². The van der Waals surface area contributed by atoms with Gasteiger partial charge in [-0.3, -0.25) is 4.98 Å². The van der Waals surface area contributed by atoms with Crippen molar-refractivity contribution >= 4 is 45.1 Å². The Bertz CT molecular complexity index is 468. The molecule has 1 nitrogen and oxygen atoms in total. The molecule has 0 amide bonds. The van der Waals surface area contributed by atoms with E-state index in [0.717, 1.165) is 25.1 Å². The molecule has 0 fully saturated rings. The lowest BCUT2D eigenvalue weighted by molar-refractivity contribution is 1.37. The van der Waals surface area contributed by atoms with Gasteiger partial charge in [0.25, 0.3) is 0 Å². The number of hydrogen-bond acceptors (Lipinski definition) is 1. The summed E-state index contributed by atoms with van der Waals surface area (Å²) in [6.45, 7) is 2.02. The molecule has 0 unspecified atom stereocenters. The first kappa shape index (κ1) is 9.21. The molecule has 1 aromatic carbocycles. The van der Waals surface area contributed by atoms with Crippen LogP contribution in [0.1, 0.15) is 5.56 Å². The number of hydrogen-bond donors (Lipinski definition) is 0. The Morgan fingerprint density at radius 1 is 1.31 bits per heavy atom. The molecule has 1 aromatic heterocycles. The Morgan fingerprint density at radius 2 is 2.08 bits per heavy atom. The predicted molar refractivity (Wildman–Crippen MR) is 64.2 cm³/mol. The van der Waals surface area contributed by atoms with Crippen molar-refractivity contribution in [2.24, 2.45) is 0 Å². The molecule has 0 saturated heterocycles. The molecule has 3 heteroatoms. The first-order chi connectivity index (χ1) is 6.16. The first-order valence-electron chi connectivity index (χ1n) is 3.88. The predicted octanol–water partition coefficient (Wildman–Crippen LogP) is 3.80. The van der Waals surface area contributed by atoms with E-state index in [1.807, 2.05) is 31.3 Å². The molecule has 13 heavy (non-hydrogen) atoms. The van der Waals surface area contributed by atoms with Gasteiger partial charge in [-0.15, -0.1) is 0 Å². The Morgan fingerprint density at radius 3 is 2.85 bits per heavy atom. The average Bonchev–Trinajstić information content (AvgIpc) is 2.06. The quantitative estimate of drug-likeness (QED) is 0.675. The normalized spacial score (nSPS) is 10.7. The second-order valence-electron chi connectivity index (χ2n) is 2.97. The summed E-state index contributed by atoms with van der Waals surface area (Å²) in [6, 6.07) is 6.05. The van der Waals surface area contributed by atoms with Gasteiger partial charge in [0.05, 0.1) is 10.5 Å². The van der Waals surface area contributed by atoms with Crippen molar-refractivity contribution in [3.8, 4) is 0 Å². The zero-order valence-electron chi connectivity index (χ0n) is 7.01. The number of nitrogens with zero attached hydrogens (tertiary/aromatic N) is 1. The van der Waals surface area contributed by atoms with E-state index < -0.39 is 0 Å². The monoisotopic (exact) mass is 303 g/mol. The number of pyridine rings is 1. The molecule has 0 radical (unpaired) electrons. The van der Waals surface area contributed by atoms with Gasteiger partial charge < -0.3 is 0 Å². The molecular formula is C10H7ClIN. The van der Waals surface area contributed by atoms with Crippen LogP contribution >= 0.6 is 34.2 Å². The molecule has 66 valence electrons. The fourth-order valence-electron chi connectivity index (χ4n) is 1.29. The van der Waals surface area contributed by atoms with Crippen LogP contribution in [0.3, 0.4) is 0 Å². The molecule has 0 bridgehead atoms. The van der Waals surface area contributed by atoms with E-state index in [4.69, 9.17) is 11.6 Å². The van der Waals surface area contributed by atoms with E-state index in [2.05, 4.69) is 27.6 Å². The lowest BCUT2D eigenvalue weighted by Crippen LogP contribution is -1.83. The van der Waals surface area contributed by atoms with E-state index in [1.165, 1.54) is 0 Å². The van der Waals surface area contributed by atoms with Gasteiger partial charge in [0, 0.05) is 15.2 Å². The van der Waals surface area contributed by atoms with Crippen LogP contribution in [0, 0.1) is 10.5 Å². The highest BCUT2D eigenvalue weighted by atomic mass is 127. The van der Waals surface area contributed by atoms with Crippen LogP contribution in [-0.2, 0) is 0 Å². The highest BCUT2D eigenvalue weighted by Crippen LogP contribution is 2.24. The standard InChI is InChI=1S/C10H7ClIN/c1-6-2-9(11)8-4-7(12)5-13-10(8)3-6/h2-5H,1H3. The topological polar surface area (TPSA) is 12.9 Å². The molecule has 2 rings (SSSR count). The molecule has 0 saturated carbocycles. The van der Waals surface area contributed by atoms with Crippen molar-refractivity contribution in [2.45, 2.75) is 6.92 Å². The third-order valence-corrected chi connectivity index (χ3v) is 2.76. The van der Waals surface area contributed by atoms with Crippen molar-refractivity contribution in [3.05, 3.63) is 38.6 Å². The highest BCUT2D eigenvalue weighted by Gasteiger charge is 2.01. The van der Waals surface area contributed by atoms with Crippen LogP contribution in [0.5, 0.6) is 0 Å². The maximum atomic E-state index is 6.09. The molecule has 0 atom stereocenters. The summed E-state index contributed by atoms with van der Waals surface area (Å²) in [4.78, 5) is 4.31. The molecule has 0 aliphatic carbocycles. The zero-order valence-corrected chi connectivity index (χ0v) is 9.93. The Kier molecular flexibility index (Phi) is 2.43. The first-order valence-corrected chi connectivity index (χ1v) is 5.34. The summed E-state index contributed by atoms with van der Waals surface area (Å²) in [6.07, 6.45) is 1.85. The minimum absolute atomic E-state index is 0.779. The third kappa shape index (κ3) is 1.79. The Labute approximate surface area is 95.3 Å². The molecule has 1 heterocycles. The maximum absolute atomic E-state index is 6.09. The second-order valence-corrected chi connectivity index (χ2v) is 4.62. The highest BCUT2D eigenvalue weighted by molar-refractivity contribution is 14.1. The molecule has 0 aliphatic heterocycles. The van der Waals surface area contributed by atoms with E-state index in [-0.39, 0.29) is 0 Å². The molecule has 0 aliphatic rings. The van der Waals surface area contributed by atoms with Crippen LogP contribution in [0.15, 0.2) is 24.4 Å². The maximum Gasteiger partial charge on any atom is 0.0720 e. The minimum Gasteiger partial charge on any atom is -0.255 e. The van der Waals surface area contributed by atoms with E-state index in [1.54, 1.807) is 0 Å². The van der Waals surface area contributed by atoms with Crippen molar-refractivity contribution in [1.29, 1.82) is 0 Å². The summed E-state index contributed by atoms with van der Waals surface area (Å²) in [7, 11) is 0. The molecular weight excluding hydrogens is 296 g/mol. The summed E-state index contributed by atoms with van der Waals surface area (Å²) in [5, 5.41) is 1.81. The fourth-order valence-corrected chi connectivity index (χ4v) is 2.07. The van der Waals surface area contributed by atoms with Gasteiger partial charge in [-0.05, 0) is 53.3 Å². The largest absolute Gasteiger partial charge is 0.255 e. The number of halogens is 2. The number of aryl methyl sites for hydroxylation is 1. The Hall–Kier alpha value is -0.350. The van der Waals surface area contributed by atoms with Crippen LogP contribution in [0.2, 0.25) is 5.02 Å². The van der Waals surface area contributed by atoms with Gasteiger partial charge in [0.1, 0.15) is 0 Å². The average molecular weight is 304 g/mol. The number of aromatic nitrogens is 1. The fraction of sp³-hybridized carbons (Fsp3) is 0.100. The van der Waals surface area contributed by atoms with Crippen molar-refractivity contribution in [1.82, 2.24) is 4.98 Å². The van der Waals surface area contributed by atoms with Crippen LogP contribution < -0.4 is 0 Å². The van der Waals surface area contributed by atoms with Gasteiger partial charge >= 0.3 is 0 Å². The summed E-state index contributed by atoms with van der Waals surface area (Å²) in [5.41, 5.74) is 2.11. The molecule has 2 aromatic rings. The Balaban J connectivity index is 2.87. The van der Waals surface area contributed by atoms with Gasteiger partial charge in [-0.2, -0.15) is 0 Å². The SMILES string of the molecule is Cc1cc(Cl)c2cc(I)cnc2c1. The summed E-state index contributed by atoms with van der Waals surface area (Å²) >= 11 is 8.32. The summed E-state index contributed by atoms with van der Waals surface area (Å²) < 4.78 is 1.11. The molecule has 0 spiro atoms. The third-order valence-electron chi connectivity index (χ3n) is 1.86.